The third-order valence-corrected chi connectivity index (χ3v) is 6.46. The summed E-state index contributed by atoms with van der Waals surface area (Å²) in [6.07, 6.45) is 0.268. The second-order valence-corrected chi connectivity index (χ2v) is 9.22. The van der Waals surface area contributed by atoms with Crippen LogP contribution in [0.1, 0.15) is 43.6 Å². The second-order valence-electron chi connectivity index (χ2n) is 8.28. The second kappa shape index (κ2) is 11.2. The van der Waals surface area contributed by atoms with Crippen LogP contribution in [0.5, 0.6) is 0 Å². The van der Waals surface area contributed by atoms with Crippen molar-refractivity contribution in [3.63, 3.8) is 0 Å². The fraction of sp³-hybridized carbons (Fsp3) is 0.308. The van der Waals surface area contributed by atoms with Crippen molar-refractivity contribution in [2.75, 3.05) is 19.7 Å². The van der Waals surface area contributed by atoms with Crippen LogP contribution in [0, 0.1) is 0 Å². The molecule has 2 aromatic carbocycles. The molecule has 0 bridgehead atoms. The number of morpholine rings is 1. The smallest absolute Gasteiger partial charge is 0.261 e. The van der Waals surface area contributed by atoms with Gasteiger partial charge in [0.15, 0.2) is 0 Å². The zero-order valence-corrected chi connectivity index (χ0v) is 19.6. The van der Waals surface area contributed by atoms with Crippen molar-refractivity contribution in [2.24, 2.45) is 0 Å². The highest BCUT2D eigenvalue weighted by molar-refractivity contribution is 7.12. The van der Waals surface area contributed by atoms with Crippen molar-refractivity contribution >= 4 is 23.2 Å². The number of hydrogen-bond acceptors (Lipinski definition) is 5. The number of thiophene rings is 1. The van der Waals surface area contributed by atoms with Gasteiger partial charge in [-0.05, 0) is 47.2 Å². The fourth-order valence-corrected chi connectivity index (χ4v) is 4.51. The quantitative estimate of drug-likeness (QED) is 0.533. The first-order valence-corrected chi connectivity index (χ1v) is 12.1. The van der Waals surface area contributed by atoms with Gasteiger partial charge in [0.05, 0.1) is 17.6 Å². The minimum absolute atomic E-state index is 0.0859. The minimum atomic E-state index is -0.114. The fourth-order valence-electron chi connectivity index (χ4n) is 3.87. The Bertz CT molecular complexity index is 1070. The Kier molecular flexibility index (Phi) is 7.88. The van der Waals surface area contributed by atoms with Crippen LogP contribution in [0.15, 0.2) is 66.0 Å². The molecular formula is C26H29N3O3S. The molecule has 1 saturated heterocycles. The van der Waals surface area contributed by atoms with Gasteiger partial charge in [-0.15, -0.1) is 11.3 Å². The first kappa shape index (κ1) is 23.2. The van der Waals surface area contributed by atoms with Gasteiger partial charge >= 0.3 is 0 Å². The largest absolute Gasteiger partial charge is 0.376 e. The highest BCUT2D eigenvalue weighted by Gasteiger charge is 2.16. The van der Waals surface area contributed by atoms with Crippen LogP contribution < -0.4 is 10.6 Å². The van der Waals surface area contributed by atoms with Crippen LogP contribution in [0.25, 0.3) is 0 Å². The molecule has 2 heterocycles. The Hall–Kier alpha value is -3.00. The van der Waals surface area contributed by atoms with E-state index in [1.54, 1.807) is 18.2 Å². The number of nitrogens with one attached hydrogen (secondary N) is 2. The third kappa shape index (κ3) is 6.74. The first-order chi connectivity index (χ1) is 16.1. The predicted octanol–water partition coefficient (Wildman–Crippen LogP) is 3.83. The number of hydrogen-bond donors (Lipinski definition) is 2. The van der Waals surface area contributed by atoms with E-state index in [1.165, 1.54) is 16.9 Å². The van der Waals surface area contributed by atoms with Crippen molar-refractivity contribution in [3.05, 3.63) is 93.2 Å². The SMILES string of the molecule is CC1CN(Cc2cccc(CNC(=O)c3ccc(CNC(=O)c4cccs4)cc3)c2)CCO1. The summed E-state index contributed by atoms with van der Waals surface area (Å²) in [6, 6.07) is 19.3. The number of carbonyl (C=O) groups excluding carboxylic acids is 2. The molecule has 1 unspecified atom stereocenters. The molecule has 2 amide bonds. The maximum Gasteiger partial charge on any atom is 0.261 e. The Balaban J connectivity index is 1.26. The molecule has 4 rings (SSSR count). The monoisotopic (exact) mass is 463 g/mol. The summed E-state index contributed by atoms with van der Waals surface area (Å²) in [5.41, 5.74) is 3.86. The summed E-state index contributed by atoms with van der Waals surface area (Å²) in [4.78, 5) is 27.7. The Morgan fingerprint density at radius 2 is 1.73 bits per heavy atom. The van der Waals surface area contributed by atoms with Crippen molar-refractivity contribution in [2.45, 2.75) is 32.7 Å². The number of rotatable bonds is 8. The summed E-state index contributed by atoms with van der Waals surface area (Å²) in [7, 11) is 0. The van der Waals surface area contributed by atoms with E-state index in [1.807, 2.05) is 35.7 Å². The van der Waals surface area contributed by atoms with Crippen molar-refractivity contribution in [1.29, 1.82) is 0 Å². The third-order valence-electron chi connectivity index (χ3n) is 5.59. The topological polar surface area (TPSA) is 70.7 Å². The molecule has 33 heavy (non-hydrogen) atoms. The minimum Gasteiger partial charge on any atom is -0.376 e. The van der Waals surface area contributed by atoms with Crippen LogP contribution >= 0.6 is 11.3 Å². The molecule has 172 valence electrons. The first-order valence-electron chi connectivity index (χ1n) is 11.2. The summed E-state index contributed by atoms with van der Waals surface area (Å²) < 4.78 is 5.62. The molecule has 6 nitrogen and oxygen atoms in total. The maximum absolute atomic E-state index is 12.6. The van der Waals surface area contributed by atoms with Gasteiger partial charge in [0.25, 0.3) is 11.8 Å². The maximum atomic E-state index is 12.6. The summed E-state index contributed by atoms with van der Waals surface area (Å²) >= 11 is 1.41. The van der Waals surface area contributed by atoms with Crippen LogP contribution in [-0.2, 0) is 24.4 Å². The van der Waals surface area contributed by atoms with E-state index < -0.39 is 0 Å². The van der Waals surface area contributed by atoms with E-state index in [-0.39, 0.29) is 17.9 Å². The normalized spacial score (nSPS) is 16.3. The van der Waals surface area contributed by atoms with Gasteiger partial charge in [0.1, 0.15) is 0 Å². The number of carbonyl (C=O) groups is 2. The standard InChI is InChI=1S/C26H29N3O3S/c1-19-17-29(11-12-32-19)18-22-5-2-4-21(14-22)16-27-25(30)23-9-7-20(8-10-23)15-28-26(31)24-6-3-13-33-24/h2-10,13-14,19H,11-12,15-18H2,1H3,(H,27,30)(H,28,31). The number of ether oxygens (including phenoxy) is 1. The molecule has 0 aliphatic carbocycles. The van der Waals surface area contributed by atoms with Crippen LogP contribution in [-0.4, -0.2) is 42.5 Å². The number of nitrogens with zero attached hydrogens (tertiary/aromatic N) is 1. The average molecular weight is 464 g/mol. The van der Waals surface area contributed by atoms with E-state index in [4.69, 9.17) is 4.74 Å². The van der Waals surface area contributed by atoms with Crippen molar-refractivity contribution < 1.29 is 14.3 Å². The summed E-state index contributed by atoms with van der Waals surface area (Å²) in [5, 5.41) is 7.77. The molecule has 1 fully saturated rings. The van der Waals surface area contributed by atoms with Crippen LogP contribution in [0.3, 0.4) is 0 Å². The van der Waals surface area contributed by atoms with Crippen molar-refractivity contribution in [3.8, 4) is 0 Å². The Morgan fingerprint density at radius 1 is 0.970 bits per heavy atom. The molecule has 1 aliphatic rings. The Morgan fingerprint density at radius 3 is 2.48 bits per heavy atom. The molecule has 7 heteroatoms. The van der Waals surface area contributed by atoms with E-state index in [0.717, 1.165) is 37.4 Å². The van der Waals surface area contributed by atoms with Crippen LogP contribution in [0.2, 0.25) is 0 Å². The Labute approximate surface area is 198 Å². The molecular weight excluding hydrogens is 434 g/mol. The van der Waals surface area contributed by atoms with E-state index in [9.17, 15) is 9.59 Å². The highest BCUT2D eigenvalue weighted by atomic mass is 32.1. The summed E-state index contributed by atoms with van der Waals surface area (Å²) in [6.45, 7) is 6.55. The molecule has 1 aliphatic heterocycles. The van der Waals surface area contributed by atoms with Gasteiger partial charge in [-0.1, -0.05) is 42.5 Å². The zero-order valence-electron chi connectivity index (χ0n) is 18.8. The molecule has 2 N–H and O–H groups in total. The van der Waals surface area contributed by atoms with Crippen LogP contribution in [0.4, 0.5) is 0 Å². The molecule has 1 atom stereocenters. The lowest BCUT2D eigenvalue weighted by Gasteiger charge is -2.31. The summed E-state index contributed by atoms with van der Waals surface area (Å²) in [5.74, 6) is -0.200. The van der Waals surface area contributed by atoms with E-state index in [2.05, 4.69) is 34.6 Å². The molecule has 3 aromatic rings. The zero-order chi connectivity index (χ0) is 23.0. The van der Waals surface area contributed by atoms with Gasteiger partial charge in [-0.3, -0.25) is 14.5 Å². The van der Waals surface area contributed by atoms with Gasteiger partial charge in [0.2, 0.25) is 0 Å². The van der Waals surface area contributed by atoms with Gasteiger partial charge < -0.3 is 15.4 Å². The average Bonchev–Trinajstić information content (AvgIpc) is 3.37. The van der Waals surface area contributed by atoms with Gasteiger partial charge in [-0.25, -0.2) is 0 Å². The lowest BCUT2D eigenvalue weighted by molar-refractivity contribution is -0.0212. The van der Waals surface area contributed by atoms with Gasteiger partial charge in [-0.2, -0.15) is 0 Å². The van der Waals surface area contributed by atoms with E-state index in [0.29, 0.717) is 23.5 Å². The highest BCUT2D eigenvalue weighted by Crippen LogP contribution is 2.13. The predicted molar refractivity (Wildman–Crippen MR) is 130 cm³/mol. The lowest BCUT2D eigenvalue weighted by atomic mass is 10.1. The number of benzene rings is 2. The number of amides is 2. The van der Waals surface area contributed by atoms with Gasteiger partial charge in [0, 0.05) is 38.3 Å². The molecule has 0 saturated carbocycles. The molecule has 1 aromatic heterocycles. The van der Waals surface area contributed by atoms with E-state index >= 15 is 0 Å². The lowest BCUT2D eigenvalue weighted by Crippen LogP contribution is -2.40. The van der Waals surface area contributed by atoms with Crippen molar-refractivity contribution in [1.82, 2.24) is 15.5 Å². The molecule has 0 radical (unpaired) electrons. The molecule has 0 spiro atoms.